The molecule has 1 aromatic heterocycles. The largest absolute Gasteiger partial charge is 0.412 e. The highest BCUT2D eigenvalue weighted by atomic mass is 35.5. The Morgan fingerprint density at radius 2 is 2.15 bits per heavy atom. The third-order valence-electron chi connectivity index (χ3n) is 5.39. The number of hydrogen-bond acceptors (Lipinski definition) is 5. The van der Waals surface area contributed by atoms with Crippen molar-refractivity contribution in [2.75, 3.05) is 19.8 Å². The highest BCUT2D eigenvalue weighted by Gasteiger charge is 2.37. The zero-order valence-corrected chi connectivity index (χ0v) is 15.7. The molecule has 0 bridgehead atoms. The van der Waals surface area contributed by atoms with Crippen LogP contribution in [-0.2, 0) is 16.2 Å². The van der Waals surface area contributed by atoms with Crippen molar-refractivity contribution in [2.24, 2.45) is 5.92 Å². The van der Waals surface area contributed by atoms with Gasteiger partial charge in [-0.15, -0.1) is 5.48 Å². The minimum absolute atomic E-state index is 0.0656. The Hall–Kier alpha value is -2.15. The molecule has 27 heavy (non-hydrogen) atoms. The molecule has 1 saturated heterocycles. The maximum atomic E-state index is 12.7. The molecule has 1 atom stereocenters. The van der Waals surface area contributed by atoms with Crippen LogP contribution in [0, 0.1) is 5.92 Å². The number of nitrogens with one attached hydrogen (secondary N) is 1. The van der Waals surface area contributed by atoms with Crippen LogP contribution in [0.3, 0.4) is 0 Å². The minimum Gasteiger partial charge on any atom is -0.412 e. The van der Waals surface area contributed by atoms with E-state index in [1.165, 1.54) is 0 Å². The summed E-state index contributed by atoms with van der Waals surface area (Å²) in [6.07, 6.45) is 4.26. The van der Waals surface area contributed by atoms with Crippen LogP contribution in [0.4, 0.5) is 0 Å². The van der Waals surface area contributed by atoms with E-state index in [0.717, 1.165) is 41.6 Å². The fraction of sp³-hybridized carbons (Fsp3) is 0.400. The van der Waals surface area contributed by atoms with Gasteiger partial charge < -0.3 is 9.74 Å². The summed E-state index contributed by atoms with van der Waals surface area (Å²) < 4.78 is 0. The number of hydroxylamine groups is 1. The van der Waals surface area contributed by atoms with Gasteiger partial charge in [0.15, 0.2) is 0 Å². The van der Waals surface area contributed by atoms with Gasteiger partial charge in [0.1, 0.15) is 17.0 Å². The molecule has 0 spiro atoms. The van der Waals surface area contributed by atoms with Crippen LogP contribution >= 0.6 is 11.6 Å². The Labute approximate surface area is 162 Å². The third kappa shape index (κ3) is 3.40. The van der Waals surface area contributed by atoms with Crippen molar-refractivity contribution >= 4 is 28.4 Å². The molecule has 3 aliphatic rings. The number of nitrogens with zero attached hydrogens (tertiary/aromatic N) is 3. The Bertz CT molecular complexity index is 927. The number of benzene rings is 1. The fourth-order valence-electron chi connectivity index (χ4n) is 3.71. The second-order valence-corrected chi connectivity index (χ2v) is 7.83. The van der Waals surface area contributed by atoms with Gasteiger partial charge >= 0.3 is 0 Å². The average molecular weight is 385 g/mol. The highest BCUT2D eigenvalue weighted by Crippen LogP contribution is 2.38. The van der Waals surface area contributed by atoms with E-state index in [0.29, 0.717) is 30.8 Å². The van der Waals surface area contributed by atoms with E-state index < -0.39 is 0 Å². The first-order chi connectivity index (χ1) is 13.2. The summed E-state index contributed by atoms with van der Waals surface area (Å²) in [5.74, 6) is 1.50. The van der Waals surface area contributed by atoms with E-state index >= 15 is 0 Å². The second kappa shape index (κ2) is 6.78. The number of allylic oxidation sites excluding steroid dienone is 1. The predicted molar refractivity (Wildman–Crippen MR) is 103 cm³/mol. The van der Waals surface area contributed by atoms with Crippen LogP contribution in [0.5, 0.6) is 0 Å². The van der Waals surface area contributed by atoms with E-state index in [9.17, 15) is 4.79 Å². The SMILES string of the molecule is O=C(C1C=C(C2CC2)ON1)N1CCN(Cc2cc3ccccc3nc2Cl)C1. The predicted octanol–water partition coefficient (Wildman–Crippen LogP) is 2.69. The maximum absolute atomic E-state index is 12.7. The molecule has 1 N–H and O–H groups in total. The van der Waals surface area contributed by atoms with Crippen molar-refractivity contribution in [1.29, 1.82) is 0 Å². The lowest BCUT2D eigenvalue weighted by atomic mass is 10.1. The summed E-state index contributed by atoms with van der Waals surface area (Å²) >= 11 is 6.38. The number of fused-ring (bicyclic) bond motifs is 1. The zero-order valence-electron chi connectivity index (χ0n) is 14.9. The molecule has 1 aromatic carbocycles. The summed E-state index contributed by atoms with van der Waals surface area (Å²) in [5, 5.41) is 1.61. The fourth-order valence-corrected chi connectivity index (χ4v) is 3.92. The molecule has 2 aliphatic heterocycles. The Morgan fingerprint density at radius 3 is 3.00 bits per heavy atom. The average Bonchev–Trinajstić information content (AvgIpc) is 3.22. The molecule has 3 heterocycles. The molecule has 5 rings (SSSR count). The van der Waals surface area contributed by atoms with Gasteiger partial charge in [-0.05, 0) is 31.1 Å². The van der Waals surface area contributed by atoms with Crippen LogP contribution < -0.4 is 5.48 Å². The lowest BCUT2D eigenvalue weighted by Gasteiger charge is -2.20. The van der Waals surface area contributed by atoms with Crippen LogP contribution in [0.15, 0.2) is 42.2 Å². The number of amides is 1. The molecule has 1 saturated carbocycles. The van der Waals surface area contributed by atoms with Crippen molar-refractivity contribution in [1.82, 2.24) is 20.3 Å². The summed E-state index contributed by atoms with van der Waals surface area (Å²) in [4.78, 5) is 26.8. The Kier molecular flexibility index (Phi) is 4.27. The van der Waals surface area contributed by atoms with E-state index in [1.54, 1.807) is 0 Å². The maximum Gasteiger partial charge on any atom is 0.248 e. The molecule has 140 valence electrons. The van der Waals surface area contributed by atoms with Crippen molar-refractivity contribution in [3.05, 3.63) is 52.9 Å². The molecule has 6 nitrogen and oxygen atoms in total. The summed E-state index contributed by atoms with van der Waals surface area (Å²) in [6, 6.07) is 9.67. The van der Waals surface area contributed by atoms with Crippen LogP contribution in [0.25, 0.3) is 10.9 Å². The van der Waals surface area contributed by atoms with Gasteiger partial charge in [0.2, 0.25) is 5.91 Å². The number of rotatable bonds is 4. The second-order valence-electron chi connectivity index (χ2n) is 7.47. The molecular weight excluding hydrogens is 364 g/mol. The molecule has 0 radical (unpaired) electrons. The molecule has 2 aromatic rings. The molecule has 7 heteroatoms. The van der Waals surface area contributed by atoms with Gasteiger partial charge in [-0.1, -0.05) is 29.8 Å². The van der Waals surface area contributed by atoms with Crippen molar-refractivity contribution in [3.8, 4) is 0 Å². The number of pyridine rings is 1. The number of carbonyl (C=O) groups excluding carboxylic acids is 1. The molecular formula is C20H21ClN4O2. The van der Waals surface area contributed by atoms with Crippen LogP contribution in [0.1, 0.15) is 18.4 Å². The monoisotopic (exact) mass is 384 g/mol. The van der Waals surface area contributed by atoms with E-state index in [-0.39, 0.29) is 11.9 Å². The molecule has 1 amide bonds. The summed E-state index contributed by atoms with van der Waals surface area (Å²) in [5.41, 5.74) is 4.75. The van der Waals surface area contributed by atoms with Crippen molar-refractivity contribution < 1.29 is 9.63 Å². The van der Waals surface area contributed by atoms with Gasteiger partial charge in [0.25, 0.3) is 0 Å². The molecule has 2 fully saturated rings. The van der Waals surface area contributed by atoms with Gasteiger partial charge in [-0.25, -0.2) is 4.98 Å². The summed E-state index contributed by atoms with van der Waals surface area (Å²) in [6.45, 7) is 2.80. The van der Waals surface area contributed by atoms with E-state index in [2.05, 4.69) is 21.4 Å². The van der Waals surface area contributed by atoms with E-state index in [1.807, 2.05) is 35.2 Å². The summed E-state index contributed by atoms with van der Waals surface area (Å²) in [7, 11) is 0. The molecule has 1 aliphatic carbocycles. The first-order valence-electron chi connectivity index (χ1n) is 9.37. The quantitative estimate of drug-likeness (QED) is 0.821. The highest BCUT2D eigenvalue weighted by molar-refractivity contribution is 6.30. The number of aromatic nitrogens is 1. The minimum atomic E-state index is -0.369. The number of carbonyl (C=O) groups is 1. The van der Waals surface area contributed by atoms with Crippen molar-refractivity contribution in [2.45, 2.75) is 25.4 Å². The molecule has 1 unspecified atom stereocenters. The van der Waals surface area contributed by atoms with Crippen LogP contribution in [0.2, 0.25) is 5.15 Å². The van der Waals surface area contributed by atoms with E-state index in [4.69, 9.17) is 16.4 Å². The standard InChI is InChI=1S/C20H21ClN4O2/c21-19-15(9-14-3-1-2-4-16(14)22-19)11-24-7-8-25(12-24)20(26)17-10-18(27-23-17)13-5-6-13/h1-4,9-10,13,17,23H,5-8,11-12H2. The van der Waals surface area contributed by atoms with Gasteiger partial charge in [-0.2, -0.15) is 0 Å². The van der Waals surface area contributed by atoms with Gasteiger partial charge in [0.05, 0.1) is 12.2 Å². The number of halogens is 1. The van der Waals surface area contributed by atoms with Gasteiger partial charge in [-0.3, -0.25) is 9.69 Å². The first-order valence-corrected chi connectivity index (χ1v) is 9.74. The van der Waals surface area contributed by atoms with Gasteiger partial charge in [0, 0.05) is 36.5 Å². The smallest absolute Gasteiger partial charge is 0.248 e. The lowest BCUT2D eigenvalue weighted by molar-refractivity contribution is -0.133. The third-order valence-corrected chi connectivity index (χ3v) is 5.72. The lowest BCUT2D eigenvalue weighted by Crippen LogP contribution is -2.42. The number of para-hydroxylation sites is 1. The van der Waals surface area contributed by atoms with Crippen molar-refractivity contribution in [3.63, 3.8) is 0 Å². The normalized spacial score (nSPS) is 22.9. The zero-order chi connectivity index (χ0) is 18.4. The Balaban J connectivity index is 1.25. The first kappa shape index (κ1) is 17.0. The number of hydrogen-bond donors (Lipinski definition) is 1. The topological polar surface area (TPSA) is 57.7 Å². The Morgan fingerprint density at radius 1 is 1.30 bits per heavy atom. The van der Waals surface area contributed by atoms with Crippen LogP contribution in [-0.4, -0.2) is 46.5 Å².